The molecule has 6 N–H and O–H groups in total. The van der Waals surface area contributed by atoms with Crippen molar-refractivity contribution in [1.82, 2.24) is 9.78 Å². The first-order valence-corrected chi connectivity index (χ1v) is 3.45. The van der Waals surface area contributed by atoms with Gasteiger partial charge in [0, 0.05) is 6.54 Å². The minimum atomic E-state index is 0.507. The van der Waals surface area contributed by atoms with Gasteiger partial charge >= 0.3 is 0 Å². The molecule has 1 aromatic heterocycles. The van der Waals surface area contributed by atoms with Gasteiger partial charge in [0.1, 0.15) is 5.82 Å². The van der Waals surface area contributed by atoms with Gasteiger partial charge in [-0.1, -0.05) is 0 Å². The fourth-order valence-electron chi connectivity index (χ4n) is 0.906. The molecule has 1 rings (SSSR count). The number of nitrogens with two attached hydrogens (primary N) is 3. The fourth-order valence-corrected chi connectivity index (χ4v) is 0.906. The van der Waals surface area contributed by atoms with Gasteiger partial charge < -0.3 is 17.2 Å². The Morgan fingerprint density at radius 1 is 1.45 bits per heavy atom. The average Bonchev–Trinajstić information content (AvgIpc) is 2.19. The van der Waals surface area contributed by atoms with Crippen molar-refractivity contribution in [3.05, 3.63) is 5.69 Å². The van der Waals surface area contributed by atoms with Gasteiger partial charge in [0.2, 0.25) is 0 Å². The predicted octanol–water partition coefficient (Wildman–Crippen LogP) is -0.685. The highest BCUT2D eigenvalue weighted by molar-refractivity contribution is 5.61. The van der Waals surface area contributed by atoms with Crippen LogP contribution in [0.5, 0.6) is 0 Å². The van der Waals surface area contributed by atoms with E-state index in [4.69, 9.17) is 17.2 Å². The lowest BCUT2D eigenvalue weighted by atomic mass is 10.4. The summed E-state index contributed by atoms with van der Waals surface area (Å²) < 4.78 is 1.62. The van der Waals surface area contributed by atoms with Crippen LogP contribution in [-0.4, -0.2) is 16.3 Å². The van der Waals surface area contributed by atoms with Crippen molar-refractivity contribution < 1.29 is 0 Å². The van der Waals surface area contributed by atoms with E-state index in [-0.39, 0.29) is 0 Å². The Bertz CT molecular complexity index is 252. The lowest BCUT2D eigenvalue weighted by Crippen LogP contribution is -2.13. The quantitative estimate of drug-likeness (QED) is 0.527. The Morgan fingerprint density at radius 2 is 2.09 bits per heavy atom. The van der Waals surface area contributed by atoms with Gasteiger partial charge in [0.15, 0.2) is 0 Å². The maximum Gasteiger partial charge on any atom is 0.145 e. The monoisotopic (exact) mass is 155 g/mol. The topological polar surface area (TPSA) is 95.9 Å². The standard InChI is InChI=1S/C6H13N5/c1-4-5(8)6(9)11(10-4)3-2-7/h2-3,7-9H2,1H3. The number of hydrogen-bond acceptors (Lipinski definition) is 4. The third-order valence-corrected chi connectivity index (χ3v) is 1.56. The maximum absolute atomic E-state index is 5.61. The zero-order valence-electron chi connectivity index (χ0n) is 6.54. The molecule has 0 aromatic carbocycles. The molecule has 0 aliphatic carbocycles. The van der Waals surface area contributed by atoms with Crippen LogP contribution in [0.25, 0.3) is 0 Å². The molecule has 0 spiro atoms. The minimum absolute atomic E-state index is 0.507. The molecule has 5 heteroatoms. The predicted molar refractivity (Wildman–Crippen MR) is 44.8 cm³/mol. The average molecular weight is 155 g/mol. The lowest BCUT2D eigenvalue weighted by molar-refractivity contribution is 0.628. The van der Waals surface area contributed by atoms with E-state index in [1.54, 1.807) is 4.68 Å². The molecule has 0 amide bonds. The van der Waals surface area contributed by atoms with Crippen molar-refractivity contribution in [3.63, 3.8) is 0 Å². The van der Waals surface area contributed by atoms with Crippen LogP contribution in [0.2, 0.25) is 0 Å². The molecule has 0 fully saturated rings. The summed E-state index contributed by atoms with van der Waals surface area (Å²) in [6.07, 6.45) is 0. The fraction of sp³-hybridized carbons (Fsp3) is 0.500. The zero-order valence-corrected chi connectivity index (χ0v) is 6.54. The second-order valence-corrected chi connectivity index (χ2v) is 2.40. The van der Waals surface area contributed by atoms with Crippen LogP contribution in [0.15, 0.2) is 0 Å². The van der Waals surface area contributed by atoms with Crippen LogP contribution >= 0.6 is 0 Å². The summed E-state index contributed by atoms with van der Waals surface area (Å²) in [5, 5.41) is 4.09. The first-order valence-electron chi connectivity index (χ1n) is 3.45. The molecular formula is C6H13N5. The Morgan fingerprint density at radius 3 is 2.45 bits per heavy atom. The first kappa shape index (κ1) is 7.87. The van der Waals surface area contributed by atoms with E-state index in [1.165, 1.54) is 0 Å². The molecule has 0 radical (unpaired) electrons. The number of hydrogen-bond donors (Lipinski definition) is 3. The summed E-state index contributed by atoms with van der Waals surface area (Å²) in [5.74, 6) is 0.507. The number of aromatic nitrogens is 2. The van der Waals surface area contributed by atoms with Crippen molar-refractivity contribution in [2.24, 2.45) is 5.73 Å². The molecule has 0 aliphatic heterocycles. The number of nitrogen functional groups attached to an aromatic ring is 2. The molecular weight excluding hydrogens is 142 g/mol. The van der Waals surface area contributed by atoms with E-state index < -0.39 is 0 Å². The van der Waals surface area contributed by atoms with Gasteiger partial charge in [-0.2, -0.15) is 5.10 Å². The van der Waals surface area contributed by atoms with Gasteiger partial charge in [-0.3, -0.25) is 0 Å². The number of aryl methyl sites for hydroxylation is 1. The van der Waals surface area contributed by atoms with Crippen molar-refractivity contribution in [2.75, 3.05) is 18.0 Å². The molecule has 0 saturated carbocycles. The van der Waals surface area contributed by atoms with E-state index >= 15 is 0 Å². The molecule has 0 atom stereocenters. The highest BCUT2D eigenvalue weighted by Crippen LogP contribution is 2.17. The van der Waals surface area contributed by atoms with Crippen LogP contribution < -0.4 is 17.2 Å². The third-order valence-electron chi connectivity index (χ3n) is 1.56. The summed E-state index contributed by atoms with van der Waals surface area (Å²) in [6.45, 7) is 2.95. The molecule has 1 heterocycles. The summed E-state index contributed by atoms with van der Waals surface area (Å²) in [6, 6.07) is 0. The summed E-state index contributed by atoms with van der Waals surface area (Å²) in [5.41, 5.74) is 17.8. The Labute approximate surface area is 65.2 Å². The largest absolute Gasteiger partial charge is 0.394 e. The summed E-state index contributed by atoms with van der Waals surface area (Å²) >= 11 is 0. The van der Waals surface area contributed by atoms with Gasteiger partial charge in [-0.25, -0.2) is 4.68 Å². The third kappa shape index (κ3) is 1.27. The minimum Gasteiger partial charge on any atom is -0.394 e. The van der Waals surface area contributed by atoms with Gasteiger partial charge in [-0.05, 0) is 6.92 Å². The lowest BCUT2D eigenvalue weighted by Gasteiger charge is -1.99. The summed E-state index contributed by atoms with van der Waals surface area (Å²) in [4.78, 5) is 0. The number of anilines is 2. The van der Waals surface area contributed by atoms with Crippen molar-refractivity contribution in [1.29, 1.82) is 0 Å². The summed E-state index contributed by atoms with van der Waals surface area (Å²) in [7, 11) is 0. The Balaban J connectivity index is 2.98. The van der Waals surface area contributed by atoms with Gasteiger partial charge in [0.05, 0.1) is 17.9 Å². The van der Waals surface area contributed by atoms with Gasteiger partial charge in [0.25, 0.3) is 0 Å². The van der Waals surface area contributed by atoms with E-state index in [9.17, 15) is 0 Å². The smallest absolute Gasteiger partial charge is 0.145 e. The first-order chi connectivity index (χ1) is 5.16. The SMILES string of the molecule is Cc1nn(CCN)c(N)c1N. The van der Waals surface area contributed by atoms with E-state index in [1.807, 2.05) is 6.92 Å². The van der Waals surface area contributed by atoms with Crippen LogP contribution in [0, 0.1) is 6.92 Å². The van der Waals surface area contributed by atoms with Crippen LogP contribution in [0.3, 0.4) is 0 Å². The number of rotatable bonds is 2. The highest BCUT2D eigenvalue weighted by Gasteiger charge is 2.06. The molecule has 0 unspecified atom stereocenters. The van der Waals surface area contributed by atoms with Crippen LogP contribution in [0.1, 0.15) is 5.69 Å². The Kier molecular flexibility index (Phi) is 2.00. The van der Waals surface area contributed by atoms with E-state index in [2.05, 4.69) is 5.10 Å². The normalized spacial score (nSPS) is 10.4. The molecule has 11 heavy (non-hydrogen) atoms. The molecule has 5 nitrogen and oxygen atoms in total. The van der Waals surface area contributed by atoms with Crippen molar-refractivity contribution >= 4 is 11.5 Å². The van der Waals surface area contributed by atoms with Crippen molar-refractivity contribution in [3.8, 4) is 0 Å². The van der Waals surface area contributed by atoms with Crippen LogP contribution in [0.4, 0.5) is 11.5 Å². The van der Waals surface area contributed by atoms with E-state index in [0.717, 1.165) is 5.69 Å². The molecule has 0 saturated heterocycles. The Hall–Kier alpha value is -1.23. The van der Waals surface area contributed by atoms with Crippen molar-refractivity contribution in [2.45, 2.75) is 13.5 Å². The maximum atomic E-state index is 5.61. The second kappa shape index (κ2) is 2.79. The number of nitrogens with zero attached hydrogens (tertiary/aromatic N) is 2. The molecule has 1 aromatic rings. The molecule has 0 aliphatic rings. The van der Waals surface area contributed by atoms with Gasteiger partial charge in [-0.15, -0.1) is 0 Å². The zero-order chi connectivity index (χ0) is 8.43. The highest BCUT2D eigenvalue weighted by atomic mass is 15.3. The molecule has 62 valence electrons. The second-order valence-electron chi connectivity index (χ2n) is 2.40. The van der Waals surface area contributed by atoms with E-state index in [0.29, 0.717) is 24.6 Å². The van der Waals surface area contributed by atoms with Crippen LogP contribution in [-0.2, 0) is 6.54 Å². The molecule has 0 bridgehead atoms.